The quantitative estimate of drug-likeness (QED) is 0.755. The van der Waals surface area contributed by atoms with E-state index in [4.69, 9.17) is 0 Å². The van der Waals surface area contributed by atoms with Gasteiger partial charge in [-0.15, -0.1) is 0 Å². The van der Waals surface area contributed by atoms with Gasteiger partial charge in [-0.25, -0.2) is 4.79 Å². The van der Waals surface area contributed by atoms with Crippen LogP contribution in [0, 0.1) is 12.8 Å². The fraction of sp³-hybridized carbons (Fsp3) is 0.391. The first-order valence-electron chi connectivity index (χ1n) is 10.0. The molecule has 0 bridgehead atoms. The van der Waals surface area contributed by atoms with Crippen molar-refractivity contribution in [2.24, 2.45) is 5.92 Å². The molecule has 31 heavy (non-hydrogen) atoms. The fourth-order valence-corrected chi connectivity index (χ4v) is 4.21. The summed E-state index contributed by atoms with van der Waals surface area (Å²) in [5.41, 5.74) is 1.01. The molecule has 2 aromatic rings. The van der Waals surface area contributed by atoms with Crippen LogP contribution in [0.5, 0.6) is 0 Å². The van der Waals surface area contributed by atoms with E-state index in [0.29, 0.717) is 17.5 Å². The molecule has 1 aliphatic rings. The molecule has 5 nitrogen and oxygen atoms in total. The van der Waals surface area contributed by atoms with Gasteiger partial charge in [-0.2, -0.15) is 13.2 Å². The largest absolute Gasteiger partial charge is 0.465 e. The summed E-state index contributed by atoms with van der Waals surface area (Å²) in [4.78, 5) is 27.5. The maximum Gasteiger partial charge on any atom is 0.416 e. The molecule has 0 saturated carbocycles. The molecule has 2 atom stereocenters. The van der Waals surface area contributed by atoms with Gasteiger partial charge in [0.1, 0.15) is 0 Å². The first kappa shape index (κ1) is 22.7. The zero-order chi connectivity index (χ0) is 22.8. The molecule has 0 aliphatic carbocycles. The number of benzene rings is 2. The fourth-order valence-electron chi connectivity index (χ4n) is 4.21. The summed E-state index contributed by atoms with van der Waals surface area (Å²) in [6.45, 7) is 2.08. The topological polar surface area (TPSA) is 60.9 Å². The van der Waals surface area contributed by atoms with E-state index in [9.17, 15) is 27.9 Å². The van der Waals surface area contributed by atoms with Crippen molar-refractivity contribution in [2.45, 2.75) is 32.0 Å². The molecule has 0 spiro atoms. The second kappa shape index (κ2) is 8.99. The maximum atomic E-state index is 13.3. The summed E-state index contributed by atoms with van der Waals surface area (Å²) in [5.74, 6) is -0.965. The van der Waals surface area contributed by atoms with Crippen LogP contribution in [0.1, 0.15) is 34.6 Å². The number of alkyl halides is 3. The van der Waals surface area contributed by atoms with Crippen molar-refractivity contribution < 1.29 is 27.9 Å². The van der Waals surface area contributed by atoms with Crippen molar-refractivity contribution in [3.63, 3.8) is 0 Å². The number of piperidine rings is 1. The zero-order valence-corrected chi connectivity index (χ0v) is 17.4. The minimum Gasteiger partial charge on any atom is -0.465 e. The third-order valence-electron chi connectivity index (χ3n) is 5.69. The molecule has 1 N–H and O–H groups in total. The first-order valence-corrected chi connectivity index (χ1v) is 10.0. The van der Waals surface area contributed by atoms with Crippen molar-refractivity contribution in [2.75, 3.05) is 20.1 Å². The first-order chi connectivity index (χ1) is 14.6. The van der Waals surface area contributed by atoms with Crippen LogP contribution >= 0.6 is 0 Å². The SMILES string of the molecule is Cc1cc(CN(C)C(=O)[C@H]2CCN(C(=O)O)C[C@H]2c2ccccc2)cc(C(F)(F)F)c1. The van der Waals surface area contributed by atoms with Crippen LogP contribution in [0.4, 0.5) is 18.0 Å². The Morgan fingerprint density at radius 1 is 1.16 bits per heavy atom. The number of likely N-dealkylation sites (tertiary alicyclic amines) is 1. The van der Waals surface area contributed by atoms with Crippen molar-refractivity contribution >= 4 is 12.0 Å². The molecule has 0 unspecified atom stereocenters. The van der Waals surface area contributed by atoms with Crippen LogP contribution < -0.4 is 0 Å². The molecule has 0 radical (unpaired) electrons. The van der Waals surface area contributed by atoms with E-state index in [1.54, 1.807) is 20.0 Å². The highest BCUT2D eigenvalue weighted by Gasteiger charge is 2.38. The number of nitrogens with zero attached hydrogens (tertiary/aromatic N) is 2. The Labute approximate surface area is 179 Å². The zero-order valence-electron chi connectivity index (χ0n) is 17.4. The summed E-state index contributed by atoms with van der Waals surface area (Å²) in [5, 5.41) is 9.39. The average Bonchev–Trinajstić information content (AvgIpc) is 2.72. The average molecular weight is 434 g/mol. The summed E-state index contributed by atoms with van der Waals surface area (Å²) in [7, 11) is 1.57. The van der Waals surface area contributed by atoms with Gasteiger partial charge in [0.15, 0.2) is 0 Å². The maximum absolute atomic E-state index is 13.3. The Morgan fingerprint density at radius 2 is 1.84 bits per heavy atom. The molecule has 3 rings (SSSR count). The van der Waals surface area contributed by atoms with Crippen molar-refractivity contribution in [3.05, 3.63) is 70.8 Å². The van der Waals surface area contributed by atoms with Gasteiger partial charge in [0.25, 0.3) is 0 Å². The van der Waals surface area contributed by atoms with E-state index in [0.717, 1.165) is 17.7 Å². The number of halogens is 3. The molecule has 166 valence electrons. The van der Waals surface area contributed by atoms with Crippen LogP contribution in [-0.2, 0) is 17.5 Å². The number of aryl methyl sites for hydroxylation is 1. The third-order valence-corrected chi connectivity index (χ3v) is 5.69. The molecular formula is C23H25F3N2O3. The van der Waals surface area contributed by atoms with Crippen molar-refractivity contribution in [1.82, 2.24) is 9.80 Å². The molecular weight excluding hydrogens is 409 g/mol. The standard InChI is InChI=1S/C23H25F3N2O3/c1-15-10-16(12-18(11-15)23(24,25)26)13-27(2)21(29)19-8-9-28(22(30)31)14-20(19)17-6-4-3-5-7-17/h3-7,10-12,19-20H,8-9,13-14H2,1-2H3,(H,30,31)/t19-,20-/m0/s1. The normalized spacial score (nSPS) is 19.2. The molecule has 1 fully saturated rings. The molecule has 0 aromatic heterocycles. The highest BCUT2D eigenvalue weighted by molar-refractivity contribution is 5.80. The van der Waals surface area contributed by atoms with E-state index in [1.165, 1.54) is 9.80 Å². The van der Waals surface area contributed by atoms with Crippen LogP contribution in [0.25, 0.3) is 0 Å². The molecule has 8 heteroatoms. The summed E-state index contributed by atoms with van der Waals surface area (Å²) in [6, 6.07) is 13.0. The number of amides is 2. The van der Waals surface area contributed by atoms with Crippen LogP contribution in [0.2, 0.25) is 0 Å². The summed E-state index contributed by atoms with van der Waals surface area (Å²) >= 11 is 0. The lowest BCUT2D eigenvalue weighted by atomic mass is 9.80. The smallest absolute Gasteiger partial charge is 0.416 e. The van der Waals surface area contributed by atoms with Gasteiger partial charge < -0.3 is 14.9 Å². The van der Waals surface area contributed by atoms with Crippen LogP contribution in [-0.4, -0.2) is 47.0 Å². The number of rotatable bonds is 4. The third kappa shape index (κ3) is 5.37. The molecule has 1 aliphatic heterocycles. The predicted octanol–water partition coefficient (Wildman–Crippen LogP) is 4.76. The minimum atomic E-state index is -4.45. The second-order valence-corrected chi connectivity index (χ2v) is 8.04. The second-order valence-electron chi connectivity index (χ2n) is 8.04. The monoisotopic (exact) mass is 434 g/mol. The Morgan fingerprint density at radius 3 is 2.45 bits per heavy atom. The van der Waals surface area contributed by atoms with Crippen molar-refractivity contribution in [1.29, 1.82) is 0 Å². The Kier molecular flexibility index (Phi) is 6.57. The highest BCUT2D eigenvalue weighted by atomic mass is 19.4. The number of carbonyl (C=O) groups excluding carboxylic acids is 1. The molecule has 2 amide bonds. The molecule has 2 aromatic carbocycles. The van der Waals surface area contributed by atoms with Gasteiger partial charge >= 0.3 is 12.3 Å². The van der Waals surface area contributed by atoms with Gasteiger partial charge in [0, 0.05) is 38.5 Å². The van der Waals surface area contributed by atoms with Gasteiger partial charge in [0.2, 0.25) is 5.91 Å². The Balaban J connectivity index is 1.82. The van der Waals surface area contributed by atoms with Gasteiger partial charge in [-0.3, -0.25) is 4.79 Å². The highest BCUT2D eigenvalue weighted by Crippen LogP contribution is 2.35. The van der Waals surface area contributed by atoms with E-state index in [-0.39, 0.29) is 31.5 Å². The van der Waals surface area contributed by atoms with E-state index in [2.05, 4.69) is 0 Å². The lowest BCUT2D eigenvalue weighted by Crippen LogP contribution is -2.47. The number of carboxylic acid groups (broad SMARTS) is 1. The van der Waals surface area contributed by atoms with Crippen molar-refractivity contribution in [3.8, 4) is 0 Å². The number of carbonyl (C=O) groups is 2. The van der Waals surface area contributed by atoms with Gasteiger partial charge in [0.05, 0.1) is 5.56 Å². The van der Waals surface area contributed by atoms with Gasteiger partial charge in [-0.1, -0.05) is 42.0 Å². The van der Waals surface area contributed by atoms with Gasteiger partial charge in [-0.05, 0) is 36.6 Å². The summed E-state index contributed by atoms with van der Waals surface area (Å²) in [6.07, 6.45) is -5.12. The van der Waals surface area contributed by atoms with E-state index < -0.39 is 23.8 Å². The van der Waals surface area contributed by atoms with E-state index >= 15 is 0 Å². The lowest BCUT2D eigenvalue weighted by molar-refractivity contribution is -0.137. The molecule has 1 heterocycles. The Hall–Kier alpha value is -3.03. The number of hydrogen-bond donors (Lipinski definition) is 1. The Bertz CT molecular complexity index is 947. The minimum absolute atomic E-state index is 0.0459. The van der Waals surface area contributed by atoms with E-state index in [1.807, 2.05) is 30.3 Å². The number of hydrogen-bond acceptors (Lipinski definition) is 2. The van der Waals surface area contributed by atoms with Crippen LogP contribution in [0.15, 0.2) is 48.5 Å². The van der Waals surface area contributed by atoms with Crippen LogP contribution in [0.3, 0.4) is 0 Å². The predicted molar refractivity (Wildman–Crippen MR) is 110 cm³/mol. The molecule has 1 saturated heterocycles. The summed E-state index contributed by atoms with van der Waals surface area (Å²) < 4.78 is 39.4. The lowest BCUT2D eigenvalue weighted by Gasteiger charge is -2.38.